The van der Waals surface area contributed by atoms with Crippen LogP contribution in [0.4, 0.5) is 10.1 Å². The van der Waals surface area contributed by atoms with E-state index in [4.69, 9.17) is 4.74 Å². The largest absolute Gasteiger partial charge is 0.453 e. The van der Waals surface area contributed by atoms with Crippen molar-refractivity contribution in [3.05, 3.63) is 74.8 Å². The second kappa shape index (κ2) is 5.28. The summed E-state index contributed by atoms with van der Waals surface area (Å²) < 4.78 is 19.1. The minimum Gasteiger partial charge on any atom is -0.453 e. The number of hydrogen-bond donors (Lipinski definition) is 1. The number of halogens is 1. The smallest absolute Gasteiger partial charge is 0.293 e. The molecule has 0 unspecified atom stereocenters. The fourth-order valence-corrected chi connectivity index (χ4v) is 2.12. The van der Waals surface area contributed by atoms with Crippen LogP contribution in [0.5, 0.6) is 11.5 Å². The molecule has 0 spiro atoms. The van der Waals surface area contributed by atoms with Crippen LogP contribution in [0.2, 0.25) is 0 Å². The van der Waals surface area contributed by atoms with E-state index < -0.39 is 16.3 Å². The molecule has 3 rings (SSSR count). The number of non-ortho nitro benzene ring substituents is 1. The lowest BCUT2D eigenvalue weighted by molar-refractivity contribution is -0.383. The van der Waals surface area contributed by atoms with Crippen molar-refractivity contribution in [2.75, 3.05) is 0 Å². The molecule has 0 saturated heterocycles. The Labute approximate surface area is 122 Å². The number of nitrogens with one attached hydrogen (secondary N) is 1. The predicted molar refractivity (Wildman–Crippen MR) is 77.7 cm³/mol. The molecule has 0 aliphatic heterocycles. The number of pyridine rings is 1. The van der Waals surface area contributed by atoms with Gasteiger partial charge in [-0.05, 0) is 18.2 Å². The van der Waals surface area contributed by atoms with Crippen molar-refractivity contribution in [3.8, 4) is 11.5 Å². The molecular weight excluding hydrogens is 291 g/mol. The monoisotopic (exact) mass is 300 g/mol. The SMILES string of the molecule is O=c1cc(Oc2ccccc2F)c2cccc([N+](=O)[O-])c2[nH]1. The Morgan fingerprint density at radius 3 is 2.59 bits per heavy atom. The zero-order chi connectivity index (χ0) is 15.7. The number of para-hydroxylation sites is 2. The van der Waals surface area contributed by atoms with Crippen molar-refractivity contribution < 1.29 is 14.1 Å². The Hall–Kier alpha value is -3.22. The molecule has 1 aromatic heterocycles. The molecule has 0 amide bonds. The Kier molecular flexibility index (Phi) is 3.30. The average molecular weight is 300 g/mol. The van der Waals surface area contributed by atoms with E-state index in [1.165, 1.54) is 30.3 Å². The van der Waals surface area contributed by atoms with Gasteiger partial charge in [-0.1, -0.05) is 18.2 Å². The summed E-state index contributed by atoms with van der Waals surface area (Å²) >= 11 is 0. The molecule has 110 valence electrons. The lowest BCUT2D eigenvalue weighted by Crippen LogP contribution is -2.06. The molecule has 22 heavy (non-hydrogen) atoms. The quantitative estimate of drug-likeness (QED) is 0.593. The maximum Gasteiger partial charge on any atom is 0.293 e. The number of nitro groups is 1. The highest BCUT2D eigenvalue weighted by Crippen LogP contribution is 2.32. The van der Waals surface area contributed by atoms with Crippen molar-refractivity contribution >= 4 is 16.6 Å². The van der Waals surface area contributed by atoms with Gasteiger partial charge in [-0.25, -0.2) is 4.39 Å². The molecule has 0 fully saturated rings. The highest BCUT2D eigenvalue weighted by atomic mass is 19.1. The minimum absolute atomic E-state index is 0.0336. The number of hydrogen-bond acceptors (Lipinski definition) is 4. The summed E-state index contributed by atoms with van der Waals surface area (Å²) in [6.07, 6.45) is 0. The number of benzene rings is 2. The first kappa shape index (κ1) is 13.7. The van der Waals surface area contributed by atoms with Crippen molar-refractivity contribution in [2.24, 2.45) is 0 Å². The van der Waals surface area contributed by atoms with Crippen molar-refractivity contribution in [1.29, 1.82) is 0 Å². The van der Waals surface area contributed by atoms with Gasteiger partial charge in [-0.15, -0.1) is 0 Å². The second-order valence-electron chi connectivity index (χ2n) is 4.49. The number of nitrogens with zero attached hydrogens (tertiary/aromatic N) is 1. The van der Waals surface area contributed by atoms with Gasteiger partial charge in [0.1, 0.15) is 11.3 Å². The first-order valence-electron chi connectivity index (χ1n) is 6.29. The van der Waals surface area contributed by atoms with Gasteiger partial charge in [0.05, 0.1) is 4.92 Å². The van der Waals surface area contributed by atoms with Crippen LogP contribution < -0.4 is 10.3 Å². The fourth-order valence-electron chi connectivity index (χ4n) is 2.12. The van der Waals surface area contributed by atoms with Crippen LogP contribution in [0.3, 0.4) is 0 Å². The highest BCUT2D eigenvalue weighted by molar-refractivity contribution is 5.91. The molecule has 0 aliphatic rings. The molecule has 0 bridgehead atoms. The zero-order valence-electron chi connectivity index (χ0n) is 11.1. The summed E-state index contributed by atoms with van der Waals surface area (Å²) in [5, 5.41) is 11.3. The normalized spacial score (nSPS) is 10.6. The number of rotatable bonds is 3. The van der Waals surface area contributed by atoms with Crippen LogP contribution in [0.25, 0.3) is 10.9 Å². The van der Waals surface area contributed by atoms with E-state index in [-0.39, 0.29) is 22.7 Å². The van der Waals surface area contributed by atoms with Gasteiger partial charge in [0, 0.05) is 17.5 Å². The summed E-state index contributed by atoms with van der Waals surface area (Å²) in [7, 11) is 0. The van der Waals surface area contributed by atoms with Crippen LogP contribution in [-0.2, 0) is 0 Å². The predicted octanol–water partition coefficient (Wildman–Crippen LogP) is 3.37. The molecular formula is C15H9FN2O4. The van der Waals surface area contributed by atoms with Gasteiger partial charge in [0.25, 0.3) is 11.2 Å². The summed E-state index contributed by atoms with van der Waals surface area (Å²) in [6, 6.07) is 11.1. The molecule has 2 aromatic carbocycles. The molecule has 1 heterocycles. The average Bonchev–Trinajstić information content (AvgIpc) is 2.48. The standard InChI is InChI=1S/C15H9FN2O4/c16-10-5-1-2-7-12(10)22-13-8-14(19)17-15-9(13)4-3-6-11(15)18(20)21/h1-8H,(H,17,19). The van der Waals surface area contributed by atoms with Crippen LogP contribution in [-0.4, -0.2) is 9.91 Å². The molecule has 0 aliphatic carbocycles. The number of nitro benzene ring substituents is 1. The third-order valence-electron chi connectivity index (χ3n) is 3.07. The van der Waals surface area contributed by atoms with E-state index in [9.17, 15) is 19.3 Å². The third kappa shape index (κ3) is 2.39. The number of ether oxygens (including phenoxy) is 1. The summed E-state index contributed by atoms with van der Waals surface area (Å²) in [6.45, 7) is 0. The zero-order valence-corrected chi connectivity index (χ0v) is 11.1. The topological polar surface area (TPSA) is 85.2 Å². The number of aromatic nitrogens is 1. The first-order chi connectivity index (χ1) is 10.6. The van der Waals surface area contributed by atoms with E-state index in [2.05, 4.69) is 4.98 Å². The Balaban J connectivity index is 2.22. The van der Waals surface area contributed by atoms with Crippen molar-refractivity contribution in [2.45, 2.75) is 0 Å². The Bertz CT molecular complexity index is 936. The molecule has 3 aromatic rings. The second-order valence-corrected chi connectivity index (χ2v) is 4.49. The summed E-state index contributed by atoms with van der Waals surface area (Å²) in [4.78, 5) is 24.5. The van der Waals surface area contributed by atoms with Gasteiger partial charge in [0.2, 0.25) is 0 Å². The molecule has 1 N–H and O–H groups in total. The van der Waals surface area contributed by atoms with Crippen LogP contribution in [0, 0.1) is 15.9 Å². The number of aromatic amines is 1. The molecule has 7 heteroatoms. The molecule has 6 nitrogen and oxygen atoms in total. The fraction of sp³-hybridized carbons (Fsp3) is 0. The number of fused-ring (bicyclic) bond motifs is 1. The maximum atomic E-state index is 13.7. The summed E-state index contributed by atoms with van der Waals surface area (Å²) in [5.74, 6) is -0.616. The van der Waals surface area contributed by atoms with Gasteiger partial charge < -0.3 is 9.72 Å². The third-order valence-corrected chi connectivity index (χ3v) is 3.07. The van der Waals surface area contributed by atoms with Crippen molar-refractivity contribution in [1.82, 2.24) is 4.98 Å². The molecule has 0 saturated carbocycles. The first-order valence-corrected chi connectivity index (χ1v) is 6.29. The van der Waals surface area contributed by atoms with Crippen LogP contribution in [0.15, 0.2) is 53.3 Å². The van der Waals surface area contributed by atoms with Gasteiger partial charge in [0.15, 0.2) is 11.6 Å². The molecule has 0 atom stereocenters. The van der Waals surface area contributed by atoms with Gasteiger partial charge in [-0.2, -0.15) is 0 Å². The van der Waals surface area contributed by atoms with E-state index >= 15 is 0 Å². The van der Waals surface area contributed by atoms with Crippen molar-refractivity contribution in [3.63, 3.8) is 0 Å². The lowest BCUT2D eigenvalue weighted by Gasteiger charge is -2.09. The van der Waals surface area contributed by atoms with E-state index in [1.54, 1.807) is 12.1 Å². The van der Waals surface area contributed by atoms with Crippen LogP contribution >= 0.6 is 0 Å². The van der Waals surface area contributed by atoms with E-state index in [0.717, 1.165) is 6.07 Å². The highest BCUT2D eigenvalue weighted by Gasteiger charge is 2.16. The minimum atomic E-state index is -0.606. The maximum absolute atomic E-state index is 13.7. The number of H-pyrrole nitrogens is 1. The summed E-state index contributed by atoms with van der Waals surface area (Å²) in [5.41, 5.74) is -0.798. The Morgan fingerprint density at radius 1 is 1.09 bits per heavy atom. The Morgan fingerprint density at radius 2 is 1.86 bits per heavy atom. The lowest BCUT2D eigenvalue weighted by atomic mass is 10.2. The van der Waals surface area contributed by atoms with Gasteiger partial charge >= 0.3 is 0 Å². The van der Waals surface area contributed by atoms with Crippen LogP contribution in [0.1, 0.15) is 0 Å². The van der Waals surface area contributed by atoms with E-state index in [1.807, 2.05) is 0 Å². The molecule has 0 radical (unpaired) electrons. The van der Waals surface area contributed by atoms with E-state index in [0.29, 0.717) is 5.39 Å². The van der Waals surface area contributed by atoms with Gasteiger partial charge in [-0.3, -0.25) is 14.9 Å².